The predicted octanol–water partition coefficient (Wildman–Crippen LogP) is 4.15. The molecule has 1 saturated carbocycles. The second-order valence-corrected chi connectivity index (χ2v) is 7.92. The minimum absolute atomic E-state index is 0.113. The molecule has 1 aliphatic carbocycles. The third-order valence-corrected chi connectivity index (χ3v) is 5.74. The Labute approximate surface area is 172 Å². The van der Waals surface area contributed by atoms with Crippen molar-refractivity contribution in [1.29, 1.82) is 0 Å². The summed E-state index contributed by atoms with van der Waals surface area (Å²) in [5.74, 6) is -0.562. The third kappa shape index (κ3) is 5.66. The molecule has 4 nitrogen and oxygen atoms in total. The number of rotatable bonds is 7. The van der Waals surface area contributed by atoms with Gasteiger partial charge in [0.15, 0.2) is 0 Å². The summed E-state index contributed by atoms with van der Waals surface area (Å²) in [6.07, 6.45) is 4.48. The molecule has 1 unspecified atom stereocenters. The molecule has 2 aromatic rings. The fourth-order valence-electron chi connectivity index (χ4n) is 3.83. The number of carbonyl (C=O) groups excluding carboxylic acids is 2. The van der Waals surface area contributed by atoms with E-state index in [1.165, 1.54) is 12.1 Å². The Balaban J connectivity index is 1.77. The highest BCUT2D eigenvalue weighted by atomic mass is 19.1. The van der Waals surface area contributed by atoms with Crippen molar-refractivity contribution in [2.75, 3.05) is 0 Å². The Morgan fingerprint density at radius 2 is 1.76 bits per heavy atom. The summed E-state index contributed by atoms with van der Waals surface area (Å²) in [5.41, 5.74) is 2.79. The van der Waals surface area contributed by atoms with Gasteiger partial charge < -0.3 is 10.2 Å². The van der Waals surface area contributed by atoms with E-state index in [-0.39, 0.29) is 36.6 Å². The summed E-state index contributed by atoms with van der Waals surface area (Å²) in [6.45, 7) is 4.01. The lowest BCUT2D eigenvalue weighted by Gasteiger charge is -2.30. The smallest absolute Gasteiger partial charge is 0.242 e. The Hall–Kier alpha value is -2.69. The first-order valence-electron chi connectivity index (χ1n) is 10.3. The number of nitrogens with one attached hydrogen (secondary N) is 1. The van der Waals surface area contributed by atoms with Crippen molar-refractivity contribution in [2.45, 2.75) is 64.6 Å². The standard InChI is InChI=1S/C24H29FN2O2/c1-17-7-3-4-8-20(17)15-23(28)27(16-19-11-13-21(25)14-12-19)18(2)24(29)26-22-9-5-6-10-22/h3-4,7-8,11-14,18,22H,5-6,9-10,15-16H2,1-2H3,(H,26,29). The molecule has 29 heavy (non-hydrogen) atoms. The van der Waals surface area contributed by atoms with Gasteiger partial charge in [-0.15, -0.1) is 0 Å². The first kappa shape index (κ1) is 21.0. The highest BCUT2D eigenvalue weighted by Gasteiger charge is 2.28. The van der Waals surface area contributed by atoms with Crippen molar-refractivity contribution in [3.05, 3.63) is 71.0 Å². The average Bonchev–Trinajstić information content (AvgIpc) is 3.21. The number of hydrogen-bond acceptors (Lipinski definition) is 2. The Kier molecular flexibility index (Phi) is 7.02. The molecule has 0 aliphatic heterocycles. The first-order chi connectivity index (χ1) is 13.9. The monoisotopic (exact) mass is 396 g/mol. The highest BCUT2D eigenvalue weighted by Crippen LogP contribution is 2.19. The van der Waals surface area contributed by atoms with Crippen LogP contribution in [0.4, 0.5) is 4.39 Å². The summed E-state index contributed by atoms with van der Waals surface area (Å²) < 4.78 is 13.3. The van der Waals surface area contributed by atoms with Gasteiger partial charge >= 0.3 is 0 Å². The summed E-state index contributed by atoms with van der Waals surface area (Å²) in [7, 11) is 0. The number of benzene rings is 2. The largest absolute Gasteiger partial charge is 0.352 e. The van der Waals surface area contributed by atoms with Crippen LogP contribution < -0.4 is 5.32 Å². The average molecular weight is 397 g/mol. The molecule has 2 amide bonds. The molecule has 0 aromatic heterocycles. The van der Waals surface area contributed by atoms with Crippen molar-refractivity contribution < 1.29 is 14.0 Å². The van der Waals surface area contributed by atoms with Crippen LogP contribution in [-0.2, 0) is 22.6 Å². The maximum Gasteiger partial charge on any atom is 0.242 e. The lowest BCUT2D eigenvalue weighted by Crippen LogP contribution is -2.50. The fourth-order valence-corrected chi connectivity index (χ4v) is 3.83. The number of amides is 2. The zero-order valence-electron chi connectivity index (χ0n) is 17.2. The van der Waals surface area contributed by atoms with Gasteiger partial charge in [-0.25, -0.2) is 4.39 Å². The second-order valence-electron chi connectivity index (χ2n) is 7.92. The van der Waals surface area contributed by atoms with Crippen molar-refractivity contribution >= 4 is 11.8 Å². The Morgan fingerprint density at radius 1 is 1.10 bits per heavy atom. The molecule has 0 radical (unpaired) electrons. The molecule has 0 spiro atoms. The van der Waals surface area contributed by atoms with Crippen LogP contribution in [0, 0.1) is 12.7 Å². The van der Waals surface area contributed by atoms with Crippen molar-refractivity contribution in [2.24, 2.45) is 0 Å². The van der Waals surface area contributed by atoms with E-state index in [1.54, 1.807) is 24.0 Å². The summed E-state index contributed by atoms with van der Waals surface area (Å²) >= 11 is 0. The van der Waals surface area contributed by atoms with Crippen LogP contribution in [0.15, 0.2) is 48.5 Å². The molecular formula is C24H29FN2O2. The number of hydrogen-bond donors (Lipinski definition) is 1. The van der Waals surface area contributed by atoms with Gasteiger partial charge in [0.2, 0.25) is 11.8 Å². The number of nitrogens with zero attached hydrogens (tertiary/aromatic N) is 1. The summed E-state index contributed by atoms with van der Waals surface area (Å²) in [6, 6.07) is 13.4. The van der Waals surface area contributed by atoms with Crippen LogP contribution in [0.1, 0.15) is 49.3 Å². The van der Waals surface area contributed by atoms with Crippen molar-refractivity contribution in [3.63, 3.8) is 0 Å². The van der Waals surface area contributed by atoms with E-state index in [4.69, 9.17) is 0 Å². The van der Waals surface area contributed by atoms with Crippen LogP contribution >= 0.6 is 0 Å². The first-order valence-corrected chi connectivity index (χ1v) is 10.3. The van der Waals surface area contributed by atoms with Gasteiger partial charge in [-0.2, -0.15) is 0 Å². The van der Waals surface area contributed by atoms with E-state index < -0.39 is 6.04 Å². The summed E-state index contributed by atoms with van der Waals surface area (Å²) in [4.78, 5) is 27.6. The van der Waals surface area contributed by atoms with Crippen LogP contribution in [-0.4, -0.2) is 28.8 Å². The molecule has 1 N–H and O–H groups in total. The lowest BCUT2D eigenvalue weighted by atomic mass is 10.0. The van der Waals surface area contributed by atoms with E-state index in [9.17, 15) is 14.0 Å². The van der Waals surface area contributed by atoms with Gasteiger partial charge in [0.1, 0.15) is 11.9 Å². The highest BCUT2D eigenvalue weighted by molar-refractivity contribution is 5.88. The molecule has 0 bridgehead atoms. The van der Waals surface area contributed by atoms with Gasteiger partial charge in [0.05, 0.1) is 6.42 Å². The molecular weight excluding hydrogens is 367 g/mol. The molecule has 154 valence electrons. The quantitative estimate of drug-likeness (QED) is 0.764. The topological polar surface area (TPSA) is 49.4 Å². The van der Waals surface area contributed by atoms with Crippen LogP contribution in [0.25, 0.3) is 0 Å². The van der Waals surface area contributed by atoms with Gasteiger partial charge in [-0.05, 0) is 55.5 Å². The number of aryl methyl sites for hydroxylation is 1. The second kappa shape index (κ2) is 9.68. The Bertz CT molecular complexity index is 844. The molecule has 3 rings (SSSR count). The van der Waals surface area contributed by atoms with E-state index in [1.807, 2.05) is 31.2 Å². The van der Waals surface area contributed by atoms with E-state index in [2.05, 4.69) is 5.32 Å². The van der Waals surface area contributed by atoms with E-state index in [0.29, 0.717) is 0 Å². The number of halogens is 1. The van der Waals surface area contributed by atoms with Crippen LogP contribution in [0.3, 0.4) is 0 Å². The maximum absolute atomic E-state index is 13.3. The van der Waals surface area contributed by atoms with Crippen molar-refractivity contribution in [3.8, 4) is 0 Å². The zero-order valence-corrected chi connectivity index (χ0v) is 17.2. The Morgan fingerprint density at radius 3 is 2.41 bits per heavy atom. The van der Waals surface area contributed by atoms with Gasteiger partial charge in [-0.1, -0.05) is 49.2 Å². The predicted molar refractivity (Wildman–Crippen MR) is 112 cm³/mol. The minimum Gasteiger partial charge on any atom is -0.352 e. The lowest BCUT2D eigenvalue weighted by molar-refractivity contribution is -0.140. The van der Waals surface area contributed by atoms with Gasteiger partial charge in [-0.3, -0.25) is 9.59 Å². The fraction of sp³-hybridized carbons (Fsp3) is 0.417. The van der Waals surface area contributed by atoms with E-state index >= 15 is 0 Å². The SMILES string of the molecule is Cc1ccccc1CC(=O)N(Cc1ccc(F)cc1)C(C)C(=O)NC1CCCC1. The van der Waals surface area contributed by atoms with Crippen LogP contribution in [0.2, 0.25) is 0 Å². The van der Waals surface area contributed by atoms with Gasteiger partial charge in [0, 0.05) is 12.6 Å². The number of carbonyl (C=O) groups is 2. The zero-order chi connectivity index (χ0) is 20.8. The van der Waals surface area contributed by atoms with Crippen molar-refractivity contribution in [1.82, 2.24) is 10.2 Å². The molecule has 1 fully saturated rings. The molecule has 1 aliphatic rings. The minimum atomic E-state index is -0.600. The molecule has 2 aromatic carbocycles. The molecule has 0 heterocycles. The summed E-state index contributed by atoms with van der Waals surface area (Å²) in [5, 5.41) is 3.09. The maximum atomic E-state index is 13.3. The normalized spacial score (nSPS) is 15.1. The van der Waals surface area contributed by atoms with Gasteiger partial charge in [0.25, 0.3) is 0 Å². The molecule has 5 heteroatoms. The molecule has 1 atom stereocenters. The van der Waals surface area contributed by atoms with Crippen LogP contribution in [0.5, 0.6) is 0 Å². The van der Waals surface area contributed by atoms with E-state index in [0.717, 1.165) is 42.4 Å². The third-order valence-electron chi connectivity index (χ3n) is 5.74. The molecule has 0 saturated heterocycles.